The van der Waals surface area contributed by atoms with Crippen LogP contribution in [0.3, 0.4) is 0 Å². The van der Waals surface area contributed by atoms with Crippen LogP contribution in [0.2, 0.25) is 0 Å². The molecule has 0 aliphatic rings. The van der Waals surface area contributed by atoms with Gasteiger partial charge in [-0.1, -0.05) is 236 Å². The van der Waals surface area contributed by atoms with Crippen LogP contribution in [0.25, 0.3) is 0 Å². The van der Waals surface area contributed by atoms with Crippen molar-refractivity contribution in [2.24, 2.45) is 0 Å². The Morgan fingerprint density at radius 1 is 0.381 bits per heavy atom. The average molecular weight is 886 g/mol. The van der Waals surface area contributed by atoms with Crippen LogP contribution in [0.1, 0.15) is 277 Å². The van der Waals surface area contributed by atoms with E-state index in [0.717, 1.165) is 51.4 Å². The predicted octanol–water partition coefficient (Wildman–Crippen LogP) is 15.8. The minimum absolute atomic E-state index is 0.354. The summed E-state index contributed by atoms with van der Waals surface area (Å²) in [7, 11) is 0. The van der Waals surface area contributed by atoms with Crippen LogP contribution in [0.5, 0.6) is 0 Å². The van der Waals surface area contributed by atoms with E-state index in [1.165, 1.54) is 193 Å². The van der Waals surface area contributed by atoms with Gasteiger partial charge in [-0.3, -0.25) is 4.79 Å². The van der Waals surface area contributed by atoms with Gasteiger partial charge in [0.2, 0.25) is 5.91 Å². The summed E-state index contributed by atoms with van der Waals surface area (Å²) in [6, 6.07) is -1.01. The molecule has 6 nitrogen and oxygen atoms in total. The molecule has 4 unspecified atom stereocenters. The first-order valence-corrected chi connectivity index (χ1v) is 27.5. The van der Waals surface area contributed by atoms with Gasteiger partial charge in [-0.15, -0.1) is 0 Å². The fourth-order valence-electron chi connectivity index (χ4n) is 8.37. The van der Waals surface area contributed by atoms with E-state index in [1.54, 1.807) is 0 Å². The monoisotopic (exact) mass is 886 g/mol. The lowest BCUT2D eigenvalue weighted by atomic mass is 10.00. The highest BCUT2D eigenvalue weighted by atomic mass is 16.3. The Hall–Kier alpha value is -1.73. The van der Waals surface area contributed by atoms with Crippen LogP contribution in [0, 0.1) is 0 Å². The lowest BCUT2D eigenvalue weighted by Gasteiger charge is -2.27. The van der Waals surface area contributed by atoms with E-state index in [0.29, 0.717) is 19.3 Å². The Balaban J connectivity index is 3.73. The molecule has 0 aromatic heterocycles. The normalized spacial score (nSPS) is 14.2. The zero-order valence-electron chi connectivity index (χ0n) is 41.8. The van der Waals surface area contributed by atoms with E-state index < -0.39 is 36.9 Å². The minimum Gasteiger partial charge on any atom is -0.394 e. The highest BCUT2D eigenvalue weighted by Gasteiger charge is 2.28. The molecule has 5 N–H and O–H groups in total. The number of unbranched alkanes of at least 4 members (excludes halogenated alkanes) is 33. The Morgan fingerprint density at radius 3 is 1.00 bits per heavy atom. The van der Waals surface area contributed by atoms with Crippen molar-refractivity contribution in [3.05, 3.63) is 48.6 Å². The molecule has 0 bridgehead atoms. The SMILES string of the molecule is CCCCCCCCCCCC/C=C/CC/C=C/CC/C=C/CCCC(O)C(O)C(CO)NC(=O)C(O)CCCCCCCCCC/C=C\CCCCCCCCCCCCCC. The van der Waals surface area contributed by atoms with Gasteiger partial charge in [-0.05, 0) is 89.9 Å². The van der Waals surface area contributed by atoms with Gasteiger partial charge in [-0.2, -0.15) is 0 Å². The maximum atomic E-state index is 12.6. The third-order valence-corrected chi connectivity index (χ3v) is 12.7. The number of allylic oxidation sites excluding steroid dienone is 8. The number of aliphatic hydroxyl groups is 4. The van der Waals surface area contributed by atoms with Crippen molar-refractivity contribution in [2.45, 2.75) is 301 Å². The lowest BCUT2D eigenvalue weighted by molar-refractivity contribution is -0.132. The topological polar surface area (TPSA) is 110 Å². The maximum Gasteiger partial charge on any atom is 0.249 e. The molecular formula is C57H107NO5. The standard InChI is InChI=1S/C57H107NO5/c1-3-5-7-9-11-13-15-17-19-21-23-25-27-29-31-33-35-37-39-41-43-45-47-49-51-55(61)57(63)58-53(52-59)56(62)54(60)50-48-46-44-42-40-38-36-34-32-30-28-26-24-22-20-18-16-14-12-10-8-6-4-2/h26,28-29,31,34,36,42,44,53-56,59-62H,3-25,27,30,32-33,35,37-41,43,45-52H2,1-2H3,(H,58,63)/b28-26+,31-29-,36-34+,44-42+. The summed E-state index contributed by atoms with van der Waals surface area (Å²) >= 11 is 0. The smallest absolute Gasteiger partial charge is 0.249 e. The molecule has 0 saturated heterocycles. The van der Waals surface area contributed by atoms with Crippen LogP contribution >= 0.6 is 0 Å². The fraction of sp³-hybridized carbons (Fsp3) is 0.842. The van der Waals surface area contributed by atoms with Crippen LogP contribution in [-0.4, -0.2) is 57.3 Å². The highest BCUT2D eigenvalue weighted by molar-refractivity contribution is 5.80. The molecule has 0 saturated carbocycles. The first-order valence-electron chi connectivity index (χ1n) is 27.5. The first kappa shape index (κ1) is 61.3. The molecule has 63 heavy (non-hydrogen) atoms. The van der Waals surface area contributed by atoms with E-state index in [9.17, 15) is 25.2 Å². The van der Waals surface area contributed by atoms with Crippen molar-refractivity contribution < 1.29 is 25.2 Å². The molecule has 0 spiro atoms. The van der Waals surface area contributed by atoms with Crippen molar-refractivity contribution in [3.63, 3.8) is 0 Å². The second-order valence-electron chi connectivity index (χ2n) is 18.9. The van der Waals surface area contributed by atoms with Crippen molar-refractivity contribution in [1.29, 1.82) is 0 Å². The molecule has 0 aliphatic carbocycles. The summed E-state index contributed by atoms with van der Waals surface area (Å²) in [5.74, 6) is -0.600. The molecule has 370 valence electrons. The average Bonchev–Trinajstić information content (AvgIpc) is 3.29. The van der Waals surface area contributed by atoms with Gasteiger partial charge in [0.25, 0.3) is 0 Å². The van der Waals surface area contributed by atoms with Crippen LogP contribution < -0.4 is 5.32 Å². The lowest BCUT2D eigenvalue weighted by Crippen LogP contribution is -2.53. The number of carbonyl (C=O) groups is 1. The Labute approximate surface area is 391 Å². The van der Waals surface area contributed by atoms with E-state index in [1.807, 2.05) is 0 Å². The van der Waals surface area contributed by atoms with Crippen molar-refractivity contribution >= 4 is 5.91 Å². The van der Waals surface area contributed by atoms with Gasteiger partial charge in [0.15, 0.2) is 0 Å². The molecule has 0 aromatic carbocycles. The zero-order valence-corrected chi connectivity index (χ0v) is 41.8. The molecule has 0 aliphatic heterocycles. The minimum atomic E-state index is -1.30. The summed E-state index contributed by atoms with van der Waals surface area (Å²) in [5, 5.41) is 43.9. The summed E-state index contributed by atoms with van der Waals surface area (Å²) in [5.41, 5.74) is 0. The summed E-state index contributed by atoms with van der Waals surface area (Å²) < 4.78 is 0. The number of aliphatic hydroxyl groups excluding tert-OH is 4. The van der Waals surface area contributed by atoms with Crippen molar-refractivity contribution in [1.82, 2.24) is 5.32 Å². The predicted molar refractivity (Wildman–Crippen MR) is 274 cm³/mol. The molecule has 6 heteroatoms. The van der Waals surface area contributed by atoms with E-state index in [-0.39, 0.29) is 0 Å². The third kappa shape index (κ3) is 45.2. The summed E-state index contributed by atoms with van der Waals surface area (Å²) in [6.07, 6.45) is 64.6. The quantitative estimate of drug-likeness (QED) is 0.0309. The summed E-state index contributed by atoms with van der Waals surface area (Å²) in [6.45, 7) is 4.06. The van der Waals surface area contributed by atoms with E-state index in [2.05, 4.69) is 67.8 Å². The fourth-order valence-corrected chi connectivity index (χ4v) is 8.37. The molecule has 0 rings (SSSR count). The molecule has 1 amide bonds. The van der Waals surface area contributed by atoms with Gasteiger partial charge >= 0.3 is 0 Å². The molecule has 0 heterocycles. The number of hydrogen-bond donors (Lipinski definition) is 5. The number of carbonyl (C=O) groups excluding carboxylic acids is 1. The molecule has 0 fully saturated rings. The molecule has 0 radical (unpaired) electrons. The second-order valence-corrected chi connectivity index (χ2v) is 18.9. The van der Waals surface area contributed by atoms with Crippen molar-refractivity contribution in [3.8, 4) is 0 Å². The largest absolute Gasteiger partial charge is 0.394 e. The first-order chi connectivity index (χ1) is 31.0. The Kier molecular flexibility index (Phi) is 49.8. The van der Waals surface area contributed by atoms with Gasteiger partial charge in [0.05, 0.1) is 18.8 Å². The maximum absolute atomic E-state index is 12.6. The van der Waals surface area contributed by atoms with Gasteiger partial charge in [0, 0.05) is 0 Å². The number of amides is 1. The second kappa shape index (κ2) is 51.3. The number of nitrogens with one attached hydrogen (secondary N) is 1. The molecule has 4 atom stereocenters. The highest BCUT2D eigenvalue weighted by Crippen LogP contribution is 2.16. The number of rotatable bonds is 50. The molecule has 0 aromatic rings. The molecular weight excluding hydrogens is 779 g/mol. The van der Waals surface area contributed by atoms with Crippen molar-refractivity contribution in [2.75, 3.05) is 6.61 Å². The van der Waals surface area contributed by atoms with Crippen LogP contribution in [0.4, 0.5) is 0 Å². The van der Waals surface area contributed by atoms with Gasteiger partial charge < -0.3 is 25.7 Å². The zero-order chi connectivity index (χ0) is 45.9. The van der Waals surface area contributed by atoms with Crippen LogP contribution in [-0.2, 0) is 4.79 Å². The van der Waals surface area contributed by atoms with E-state index >= 15 is 0 Å². The Morgan fingerprint density at radius 2 is 0.667 bits per heavy atom. The Bertz CT molecular complexity index is 1040. The summed E-state index contributed by atoms with van der Waals surface area (Å²) in [4.78, 5) is 12.6. The van der Waals surface area contributed by atoms with Gasteiger partial charge in [0.1, 0.15) is 12.2 Å². The van der Waals surface area contributed by atoms with E-state index in [4.69, 9.17) is 0 Å². The van der Waals surface area contributed by atoms with Crippen LogP contribution in [0.15, 0.2) is 48.6 Å². The number of hydrogen-bond acceptors (Lipinski definition) is 5. The third-order valence-electron chi connectivity index (χ3n) is 12.7. The van der Waals surface area contributed by atoms with Gasteiger partial charge in [-0.25, -0.2) is 0 Å².